The third-order valence-electron chi connectivity index (χ3n) is 2.10. The molecule has 1 aromatic carbocycles. The van der Waals surface area contributed by atoms with E-state index in [4.69, 9.17) is 10.8 Å². The van der Waals surface area contributed by atoms with Crippen LogP contribution >= 0.6 is 0 Å². The number of amides is 1. The molecule has 4 N–H and O–H groups in total. The van der Waals surface area contributed by atoms with Gasteiger partial charge < -0.3 is 16.2 Å². The van der Waals surface area contributed by atoms with E-state index in [0.717, 1.165) is 12.1 Å². The first kappa shape index (κ1) is 14.0. The molecule has 0 aliphatic heterocycles. The minimum Gasteiger partial charge on any atom is -0.477 e. The summed E-state index contributed by atoms with van der Waals surface area (Å²) in [4.78, 5) is 22.0. The Bertz CT molecular complexity index is 486. The summed E-state index contributed by atoms with van der Waals surface area (Å²) in [5.41, 5.74) is 3.00. The number of carboxylic acids is 1. The van der Waals surface area contributed by atoms with Crippen LogP contribution in [0.15, 0.2) is 12.1 Å². The number of carbonyl (C=O) groups excluding carboxylic acids is 1. The lowest BCUT2D eigenvalue weighted by Gasteiger charge is -2.18. The molecule has 0 fully saturated rings. The number of carboxylic acid groups (broad SMARTS) is 1. The largest absolute Gasteiger partial charge is 0.477 e. The average Bonchev–Trinajstić information content (AvgIpc) is 2.13. The zero-order valence-corrected chi connectivity index (χ0v) is 9.75. The SMILES string of the molecule is CC(C)(N)C(=O)Nc1cc(F)c(C(=O)O)c(F)c1. The monoisotopic (exact) mass is 258 g/mol. The van der Waals surface area contributed by atoms with Crippen LogP contribution in [0, 0.1) is 11.6 Å². The normalized spacial score (nSPS) is 11.2. The molecule has 0 unspecified atom stereocenters. The molecular formula is C11H12F2N2O3. The van der Waals surface area contributed by atoms with Gasteiger partial charge in [0.15, 0.2) is 0 Å². The Kier molecular flexibility index (Phi) is 3.66. The van der Waals surface area contributed by atoms with Gasteiger partial charge in [-0.1, -0.05) is 0 Å². The fraction of sp³-hybridized carbons (Fsp3) is 0.273. The zero-order chi connectivity index (χ0) is 14.1. The van der Waals surface area contributed by atoms with Crippen LogP contribution in [0.25, 0.3) is 0 Å². The lowest BCUT2D eigenvalue weighted by Crippen LogP contribution is -2.45. The van der Waals surface area contributed by atoms with Crippen LogP contribution < -0.4 is 11.1 Å². The minimum absolute atomic E-state index is 0.196. The van der Waals surface area contributed by atoms with Crippen molar-refractivity contribution in [1.82, 2.24) is 0 Å². The predicted molar refractivity (Wildman–Crippen MR) is 60.2 cm³/mol. The summed E-state index contributed by atoms with van der Waals surface area (Å²) in [5.74, 6) is -4.91. The standard InChI is InChI=1S/C11H12F2N2O3/c1-11(2,14)10(18)15-5-3-6(12)8(9(16)17)7(13)4-5/h3-4H,14H2,1-2H3,(H,15,18)(H,16,17). The molecule has 0 radical (unpaired) electrons. The minimum atomic E-state index is -1.72. The highest BCUT2D eigenvalue weighted by Crippen LogP contribution is 2.19. The van der Waals surface area contributed by atoms with Crippen LogP contribution in [-0.4, -0.2) is 22.5 Å². The fourth-order valence-corrected chi connectivity index (χ4v) is 1.14. The molecule has 1 rings (SSSR count). The molecule has 0 atom stereocenters. The van der Waals surface area contributed by atoms with Gasteiger partial charge in [0.05, 0.1) is 5.54 Å². The second-order valence-corrected chi connectivity index (χ2v) is 4.30. The Morgan fingerprint density at radius 2 is 1.72 bits per heavy atom. The molecule has 1 amide bonds. The second-order valence-electron chi connectivity index (χ2n) is 4.30. The number of nitrogens with one attached hydrogen (secondary N) is 1. The summed E-state index contributed by atoms with van der Waals surface area (Å²) in [6.45, 7) is 2.83. The van der Waals surface area contributed by atoms with Crippen molar-refractivity contribution in [3.63, 3.8) is 0 Å². The van der Waals surface area contributed by atoms with Gasteiger partial charge in [0.2, 0.25) is 5.91 Å². The molecule has 5 nitrogen and oxygen atoms in total. The van der Waals surface area contributed by atoms with Crippen molar-refractivity contribution >= 4 is 17.6 Å². The molecule has 18 heavy (non-hydrogen) atoms. The van der Waals surface area contributed by atoms with E-state index < -0.39 is 34.6 Å². The fourth-order valence-electron chi connectivity index (χ4n) is 1.14. The van der Waals surface area contributed by atoms with Gasteiger partial charge >= 0.3 is 5.97 Å². The molecule has 0 saturated carbocycles. The van der Waals surface area contributed by atoms with Crippen molar-refractivity contribution in [2.45, 2.75) is 19.4 Å². The van der Waals surface area contributed by atoms with Gasteiger partial charge in [-0.05, 0) is 26.0 Å². The number of aromatic carboxylic acids is 1. The lowest BCUT2D eigenvalue weighted by atomic mass is 10.1. The summed E-state index contributed by atoms with van der Waals surface area (Å²) in [6, 6.07) is 1.44. The van der Waals surface area contributed by atoms with E-state index in [1.165, 1.54) is 13.8 Å². The van der Waals surface area contributed by atoms with E-state index in [9.17, 15) is 18.4 Å². The van der Waals surface area contributed by atoms with E-state index in [-0.39, 0.29) is 5.69 Å². The molecule has 0 aliphatic carbocycles. The van der Waals surface area contributed by atoms with Gasteiger partial charge in [0.1, 0.15) is 17.2 Å². The summed E-state index contributed by atoms with van der Waals surface area (Å²) < 4.78 is 26.6. The average molecular weight is 258 g/mol. The number of carbonyl (C=O) groups is 2. The van der Waals surface area contributed by atoms with Crippen LogP contribution in [-0.2, 0) is 4.79 Å². The Balaban J connectivity index is 3.08. The summed E-state index contributed by atoms with van der Waals surface area (Å²) in [6.07, 6.45) is 0. The second kappa shape index (κ2) is 4.69. The molecule has 1 aromatic rings. The van der Waals surface area contributed by atoms with E-state index in [1.54, 1.807) is 0 Å². The highest BCUT2D eigenvalue weighted by molar-refractivity contribution is 5.98. The molecule has 0 spiro atoms. The van der Waals surface area contributed by atoms with E-state index in [1.807, 2.05) is 0 Å². The van der Waals surface area contributed by atoms with E-state index in [0.29, 0.717) is 0 Å². The van der Waals surface area contributed by atoms with Gasteiger partial charge in [0.25, 0.3) is 0 Å². The summed E-state index contributed by atoms with van der Waals surface area (Å²) >= 11 is 0. The van der Waals surface area contributed by atoms with Crippen molar-refractivity contribution in [2.75, 3.05) is 5.32 Å². The van der Waals surface area contributed by atoms with Crippen LogP contribution in [0.4, 0.5) is 14.5 Å². The molecule has 98 valence electrons. The Hall–Kier alpha value is -2.02. The molecule has 7 heteroatoms. The predicted octanol–water partition coefficient (Wildman–Crippen LogP) is 1.34. The van der Waals surface area contributed by atoms with Gasteiger partial charge in [-0.3, -0.25) is 4.79 Å². The summed E-state index contributed by atoms with van der Waals surface area (Å²) in [7, 11) is 0. The van der Waals surface area contributed by atoms with Crippen molar-refractivity contribution in [1.29, 1.82) is 0 Å². The number of anilines is 1. The van der Waals surface area contributed by atoms with Crippen molar-refractivity contribution in [2.24, 2.45) is 5.73 Å². The highest BCUT2D eigenvalue weighted by atomic mass is 19.1. The lowest BCUT2D eigenvalue weighted by molar-refractivity contribution is -0.120. The first-order chi connectivity index (χ1) is 8.12. The van der Waals surface area contributed by atoms with Crippen LogP contribution in [0.3, 0.4) is 0 Å². The molecule has 0 bridgehead atoms. The van der Waals surface area contributed by atoms with Crippen LogP contribution in [0.1, 0.15) is 24.2 Å². The molecular weight excluding hydrogens is 246 g/mol. The summed E-state index contributed by atoms with van der Waals surface area (Å²) in [5, 5.41) is 10.8. The number of benzene rings is 1. The zero-order valence-electron chi connectivity index (χ0n) is 9.75. The molecule has 0 saturated heterocycles. The number of halogens is 2. The topological polar surface area (TPSA) is 92.4 Å². The van der Waals surface area contributed by atoms with Gasteiger partial charge in [-0.15, -0.1) is 0 Å². The quantitative estimate of drug-likeness (QED) is 0.762. The Labute approximate surface area is 102 Å². The smallest absolute Gasteiger partial charge is 0.341 e. The van der Waals surface area contributed by atoms with Crippen LogP contribution in [0.2, 0.25) is 0 Å². The number of nitrogens with two attached hydrogens (primary N) is 1. The maximum absolute atomic E-state index is 13.3. The van der Waals surface area contributed by atoms with E-state index >= 15 is 0 Å². The molecule has 0 heterocycles. The first-order valence-corrected chi connectivity index (χ1v) is 4.95. The van der Waals surface area contributed by atoms with Gasteiger partial charge in [-0.25, -0.2) is 13.6 Å². The first-order valence-electron chi connectivity index (χ1n) is 4.95. The molecule has 0 aromatic heterocycles. The van der Waals surface area contributed by atoms with Gasteiger partial charge in [-0.2, -0.15) is 0 Å². The van der Waals surface area contributed by atoms with Crippen molar-refractivity contribution in [3.8, 4) is 0 Å². The number of rotatable bonds is 3. The van der Waals surface area contributed by atoms with E-state index in [2.05, 4.69) is 5.32 Å². The van der Waals surface area contributed by atoms with Crippen molar-refractivity contribution < 1.29 is 23.5 Å². The molecule has 0 aliphatic rings. The Morgan fingerprint density at radius 3 is 2.06 bits per heavy atom. The third-order valence-corrected chi connectivity index (χ3v) is 2.10. The maximum atomic E-state index is 13.3. The number of hydrogen-bond acceptors (Lipinski definition) is 3. The Morgan fingerprint density at radius 1 is 1.28 bits per heavy atom. The van der Waals surface area contributed by atoms with Gasteiger partial charge in [0, 0.05) is 5.69 Å². The highest BCUT2D eigenvalue weighted by Gasteiger charge is 2.23. The van der Waals surface area contributed by atoms with Crippen LogP contribution in [0.5, 0.6) is 0 Å². The third kappa shape index (κ3) is 3.01. The number of hydrogen-bond donors (Lipinski definition) is 3. The van der Waals surface area contributed by atoms with Crippen molar-refractivity contribution in [3.05, 3.63) is 29.3 Å². The maximum Gasteiger partial charge on any atom is 0.341 e.